The predicted molar refractivity (Wildman–Crippen MR) is 78.2 cm³/mol. The van der Waals surface area contributed by atoms with Crippen LogP contribution in [0.2, 0.25) is 5.02 Å². The number of aryl methyl sites for hydroxylation is 1. The molecular formula is C15H14ClNO4. The molecule has 1 aromatic heterocycles. The Morgan fingerprint density at radius 3 is 2.48 bits per heavy atom. The fourth-order valence-corrected chi connectivity index (χ4v) is 1.80. The summed E-state index contributed by atoms with van der Waals surface area (Å²) in [6.45, 7) is 3.31. The highest BCUT2D eigenvalue weighted by Crippen LogP contribution is 2.26. The van der Waals surface area contributed by atoms with Crippen molar-refractivity contribution in [1.29, 1.82) is 0 Å². The smallest absolute Gasteiger partial charge is 0.344 e. The van der Waals surface area contributed by atoms with Crippen molar-refractivity contribution in [3.05, 3.63) is 47.1 Å². The molecule has 1 aromatic carbocycles. The van der Waals surface area contributed by atoms with E-state index in [-0.39, 0.29) is 0 Å². The third kappa shape index (κ3) is 4.10. The summed E-state index contributed by atoms with van der Waals surface area (Å²) in [5, 5.41) is 9.32. The van der Waals surface area contributed by atoms with Crippen molar-refractivity contribution in [3.63, 3.8) is 0 Å². The van der Waals surface area contributed by atoms with Crippen LogP contribution in [0.15, 0.2) is 36.5 Å². The van der Waals surface area contributed by atoms with E-state index in [1.54, 1.807) is 30.3 Å². The molecule has 1 atom stereocenters. The van der Waals surface area contributed by atoms with Gasteiger partial charge in [-0.3, -0.25) is 0 Å². The van der Waals surface area contributed by atoms with E-state index in [4.69, 9.17) is 26.2 Å². The zero-order valence-corrected chi connectivity index (χ0v) is 12.3. The number of hydrogen-bond acceptors (Lipinski definition) is 4. The van der Waals surface area contributed by atoms with Crippen LogP contribution in [0.5, 0.6) is 17.4 Å². The van der Waals surface area contributed by atoms with Crippen LogP contribution in [0, 0.1) is 6.92 Å². The van der Waals surface area contributed by atoms with Crippen molar-refractivity contribution in [2.45, 2.75) is 20.0 Å². The fraction of sp³-hybridized carbons (Fsp3) is 0.200. The molecule has 1 N–H and O–H groups in total. The van der Waals surface area contributed by atoms with E-state index < -0.39 is 12.1 Å². The molecule has 0 amide bonds. The lowest BCUT2D eigenvalue weighted by atomic mass is 10.3. The van der Waals surface area contributed by atoms with Crippen LogP contribution < -0.4 is 9.47 Å². The summed E-state index contributed by atoms with van der Waals surface area (Å²) >= 11 is 5.83. The Morgan fingerprint density at radius 1 is 1.29 bits per heavy atom. The second kappa shape index (κ2) is 6.45. The minimum atomic E-state index is -1.02. The van der Waals surface area contributed by atoms with Gasteiger partial charge in [-0.1, -0.05) is 11.6 Å². The first-order chi connectivity index (χ1) is 9.95. The Hall–Kier alpha value is -2.27. The maximum atomic E-state index is 10.7. The number of pyridine rings is 1. The molecule has 0 bridgehead atoms. The number of hydrogen-bond donors (Lipinski definition) is 1. The van der Waals surface area contributed by atoms with Gasteiger partial charge in [0.25, 0.3) is 0 Å². The number of carboxylic acid groups (broad SMARTS) is 1. The van der Waals surface area contributed by atoms with Crippen LogP contribution in [0.3, 0.4) is 0 Å². The molecule has 1 heterocycles. The van der Waals surface area contributed by atoms with Gasteiger partial charge in [0.15, 0.2) is 6.10 Å². The van der Waals surface area contributed by atoms with Crippen molar-refractivity contribution in [3.8, 4) is 17.4 Å². The van der Waals surface area contributed by atoms with Gasteiger partial charge in [0.2, 0.25) is 5.88 Å². The van der Waals surface area contributed by atoms with Gasteiger partial charge in [0, 0.05) is 11.8 Å². The van der Waals surface area contributed by atoms with E-state index in [0.717, 1.165) is 5.56 Å². The number of ether oxygens (including phenoxy) is 2. The molecule has 2 aromatic rings. The zero-order valence-electron chi connectivity index (χ0n) is 11.5. The largest absolute Gasteiger partial charge is 0.479 e. The summed E-state index contributed by atoms with van der Waals surface area (Å²) in [6.07, 6.45) is 0.604. The molecule has 5 nitrogen and oxygen atoms in total. The van der Waals surface area contributed by atoms with Crippen molar-refractivity contribution in [2.24, 2.45) is 0 Å². The highest BCUT2D eigenvalue weighted by Gasteiger charge is 2.12. The lowest BCUT2D eigenvalue weighted by Crippen LogP contribution is -2.22. The third-order valence-electron chi connectivity index (χ3n) is 2.70. The molecule has 0 radical (unpaired) electrons. The Labute approximate surface area is 127 Å². The van der Waals surface area contributed by atoms with Gasteiger partial charge < -0.3 is 14.6 Å². The zero-order chi connectivity index (χ0) is 15.4. The van der Waals surface area contributed by atoms with E-state index >= 15 is 0 Å². The second-order valence-corrected chi connectivity index (χ2v) is 4.88. The van der Waals surface area contributed by atoms with Crippen LogP contribution in [0.25, 0.3) is 0 Å². The molecule has 6 heteroatoms. The molecule has 0 saturated heterocycles. The fourth-order valence-electron chi connectivity index (χ4n) is 1.59. The number of benzene rings is 1. The number of nitrogens with zero attached hydrogens (tertiary/aromatic N) is 1. The highest BCUT2D eigenvalue weighted by molar-refractivity contribution is 6.30. The summed E-state index contributed by atoms with van der Waals surface area (Å²) in [5.41, 5.74) is 0.822. The van der Waals surface area contributed by atoms with Gasteiger partial charge in [0.05, 0.1) is 5.02 Å². The normalized spacial score (nSPS) is 11.8. The van der Waals surface area contributed by atoms with Crippen molar-refractivity contribution in [1.82, 2.24) is 4.98 Å². The minimum absolute atomic E-state index is 0.457. The van der Waals surface area contributed by atoms with E-state index in [1.165, 1.54) is 13.1 Å². The Bertz CT molecular complexity index is 643. The summed E-state index contributed by atoms with van der Waals surface area (Å²) in [6, 6.07) is 8.40. The summed E-state index contributed by atoms with van der Waals surface area (Å²) in [5.74, 6) is 0.476. The molecule has 2 rings (SSSR count). The number of aliphatic carboxylic acids is 1. The van der Waals surface area contributed by atoms with Crippen LogP contribution in [0.4, 0.5) is 0 Å². The molecule has 0 aliphatic carbocycles. The molecule has 0 aliphatic heterocycles. The molecule has 0 fully saturated rings. The Morgan fingerprint density at radius 2 is 1.90 bits per heavy atom. The van der Waals surface area contributed by atoms with Crippen LogP contribution >= 0.6 is 11.6 Å². The average Bonchev–Trinajstić information content (AvgIpc) is 2.43. The van der Waals surface area contributed by atoms with Crippen LogP contribution in [-0.2, 0) is 4.79 Å². The van der Waals surface area contributed by atoms with Gasteiger partial charge >= 0.3 is 5.97 Å². The third-order valence-corrected chi connectivity index (χ3v) is 2.90. The second-order valence-electron chi connectivity index (χ2n) is 4.45. The minimum Gasteiger partial charge on any atom is -0.479 e. The first-order valence-electron chi connectivity index (χ1n) is 6.25. The number of carboxylic acids is 1. The SMILES string of the molecule is Cc1cc(Cl)cnc1Oc1ccc(O[C@H](C)C(=O)O)cc1. The van der Waals surface area contributed by atoms with E-state index in [0.29, 0.717) is 22.4 Å². The van der Waals surface area contributed by atoms with E-state index in [1.807, 2.05) is 6.92 Å². The van der Waals surface area contributed by atoms with Crippen LogP contribution in [0.1, 0.15) is 12.5 Å². The van der Waals surface area contributed by atoms with Gasteiger partial charge in [-0.25, -0.2) is 9.78 Å². The van der Waals surface area contributed by atoms with Crippen molar-refractivity contribution >= 4 is 17.6 Å². The topological polar surface area (TPSA) is 68.7 Å². The Balaban J connectivity index is 2.07. The van der Waals surface area contributed by atoms with Gasteiger partial charge in [-0.05, 0) is 44.2 Å². The molecule has 0 aliphatic rings. The summed E-state index contributed by atoms with van der Waals surface area (Å²) in [4.78, 5) is 14.8. The molecule has 21 heavy (non-hydrogen) atoms. The monoisotopic (exact) mass is 307 g/mol. The van der Waals surface area contributed by atoms with Crippen LogP contribution in [-0.4, -0.2) is 22.2 Å². The summed E-state index contributed by atoms with van der Waals surface area (Å²) in [7, 11) is 0. The van der Waals surface area contributed by atoms with Crippen molar-refractivity contribution < 1.29 is 19.4 Å². The summed E-state index contributed by atoms with van der Waals surface area (Å²) < 4.78 is 10.9. The van der Waals surface area contributed by atoms with Gasteiger partial charge in [0.1, 0.15) is 11.5 Å². The number of aromatic nitrogens is 1. The van der Waals surface area contributed by atoms with E-state index in [9.17, 15) is 4.79 Å². The number of carbonyl (C=O) groups is 1. The van der Waals surface area contributed by atoms with E-state index in [2.05, 4.69) is 4.98 Å². The maximum Gasteiger partial charge on any atom is 0.344 e. The molecule has 0 spiro atoms. The highest BCUT2D eigenvalue weighted by atomic mass is 35.5. The lowest BCUT2D eigenvalue weighted by molar-refractivity contribution is -0.144. The maximum absolute atomic E-state index is 10.7. The first-order valence-corrected chi connectivity index (χ1v) is 6.63. The number of rotatable bonds is 5. The standard InChI is InChI=1S/C15H14ClNO4/c1-9-7-11(16)8-17-14(9)21-13-5-3-12(4-6-13)20-10(2)15(18)19/h3-8,10H,1-2H3,(H,18,19)/t10-/m1/s1. The molecule has 0 saturated carbocycles. The number of halogens is 1. The predicted octanol–water partition coefficient (Wildman–Crippen LogP) is 3.69. The van der Waals surface area contributed by atoms with Crippen molar-refractivity contribution in [2.75, 3.05) is 0 Å². The molecule has 0 unspecified atom stereocenters. The van der Waals surface area contributed by atoms with Gasteiger partial charge in [-0.2, -0.15) is 0 Å². The quantitative estimate of drug-likeness (QED) is 0.912. The first kappa shape index (κ1) is 15.1. The lowest BCUT2D eigenvalue weighted by Gasteiger charge is -2.11. The Kier molecular flexibility index (Phi) is 4.65. The molecule has 110 valence electrons. The van der Waals surface area contributed by atoms with Gasteiger partial charge in [-0.15, -0.1) is 0 Å². The average molecular weight is 308 g/mol. The molecular weight excluding hydrogens is 294 g/mol.